The smallest absolute Gasteiger partial charge is 0.347 e. The number of rotatable bonds is 40. The number of unbranched alkanes of at least 4 members (excludes halogenated alkanes) is 26. The number of benzene rings is 3. The number of carbonyl (C=O) groups is 1. The second-order valence-electron chi connectivity index (χ2n) is 20.8. The molecule has 0 aliphatic heterocycles. The van der Waals surface area contributed by atoms with E-state index in [0.29, 0.717) is 29.2 Å². The summed E-state index contributed by atoms with van der Waals surface area (Å²) in [5, 5.41) is 34.3. The van der Waals surface area contributed by atoms with Crippen LogP contribution in [0.1, 0.15) is 238 Å². The minimum atomic E-state index is -0.878. The van der Waals surface area contributed by atoms with Crippen LogP contribution in [-0.2, 0) is 22.4 Å². The van der Waals surface area contributed by atoms with E-state index in [9.17, 15) is 20.1 Å². The molecule has 1 heterocycles. The van der Waals surface area contributed by atoms with Crippen molar-refractivity contribution >= 4 is 5.97 Å². The maximum atomic E-state index is 12.7. The summed E-state index contributed by atoms with van der Waals surface area (Å²) in [5.74, 6) is 1.02. The van der Waals surface area contributed by atoms with E-state index in [2.05, 4.69) is 27.7 Å². The topological polar surface area (TPSA) is 135 Å². The van der Waals surface area contributed by atoms with E-state index in [-0.39, 0.29) is 40.5 Å². The molecule has 0 saturated carbocycles. The van der Waals surface area contributed by atoms with Crippen LogP contribution in [0, 0.1) is 5.92 Å². The molecule has 0 aliphatic rings. The first-order valence-electron chi connectivity index (χ1n) is 28.7. The summed E-state index contributed by atoms with van der Waals surface area (Å²) in [6, 6.07) is 16.0. The van der Waals surface area contributed by atoms with Crippen LogP contribution in [-0.4, -0.2) is 49.0 Å². The second-order valence-corrected chi connectivity index (χ2v) is 20.8. The predicted molar refractivity (Wildman–Crippen MR) is 294 cm³/mol. The lowest BCUT2D eigenvalue weighted by Crippen LogP contribution is -2.26. The van der Waals surface area contributed by atoms with Gasteiger partial charge in [-0.25, -0.2) is 19.7 Å². The van der Waals surface area contributed by atoms with Gasteiger partial charge in [0.15, 0.2) is 23.6 Å². The van der Waals surface area contributed by atoms with Gasteiger partial charge in [0, 0.05) is 6.07 Å². The normalized spacial score (nSPS) is 11.9. The molecule has 0 aliphatic carbocycles. The van der Waals surface area contributed by atoms with Crippen molar-refractivity contribution in [3.05, 3.63) is 65.7 Å². The van der Waals surface area contributed by atoms with Crippen molar-refractivity contribution in [2.45, 2.75) is 246 Å². The molecule has 0 saturated heterocycles. The van der Waals surface area contributed by atoms with E-state index in [0.717, 1.165) is 75.3 Å². The highest BCUT2D eigenvalue weighted by atomic mass is 16.6. The largest absolute Gasteiger partial charge is 0.507 e. The first-order chi connectivity index (χ1) is 34.6. The molecular formula is C62H95N3O6. The zero-order valence-corrected chi connectivity index (χ0v) is 45.1. The molecule has 394 valence electrons. The standard InChI is InChI=1S/C62H95N3O6/c1-6-8-10-12-14-16-18-20-22-24-26-28-32-36-50-38-41-53(56(66)45-50)59-63-60(54-42-39-51(46-57(54)67)37-33-29-27-25-23-21-19-17-15-13-11-9-7-2)65-61(64-59)55-43-40-52(47-58(55)68)71-49(5)62(69)70-44-34-30-31-35-48(3)4/h38-43,45-49,66-68H,6-37,44H2,1-5H3. The summed E-state index contributed by atoms with van der Waals surface area (Å²) < 4.78 is 11.4. The molecule has 0 fully saturated rings. The van der Waals surface area contributed by atoms with Gasteiger partial charge in [-0.15, -0.1) is 0 Å². The van der Waals surface area contributed by atoms with E-state index >= 15 is 0 Å². The highest BCUT2D eigenvalue weighted by molar-refractivity contribution is 5.76. The number of esters is 1. The molecule has 1 atom stereocenters. The third-order valence-corrected chi connectivity index (χ3v) is 13.9. The minimum absolute atomic E-state index is 0.0575. The van der Waals surface area contributed by atoms with Crippen LogP contribution in [0.5, 0.6) is 23.0 Å². The highest BCUT2D eigenvalue weighted by Crippen LogP contribution is 2.37. The lowest BCUT2D eigenvalue weighted by molar-refractivity contribution is -0.151. The van der Waals surface area contributed by atoms with Gasteiger partial charge in [-0.2, -0.15) is 0 Å². The maximum absolute atomic E-state index is 12.7. The maximum Gasteiger partial charge on any atom is 0.347 e. The van der Waals surface area contributed by atoms with E-state index in [1.807, 2.05) is 24.3 Å². The summed E-state index contributed by atoms with van der Waals surface area (Å²) in [7, 11) is 0. The van der Waals surface area contributed by atoms with Gasteiger partial charge in [0.1, 0.15) is 23.0 Å². The molecule has 0 amide bonds. The molecule has 9 heteroatoms. The Morgan fingerprint density at radius 3 is 1.17 bits per heavy atom. The fourth-order valence-electron chi connectivity index (χ4n) is 9.42. The molecule has 71 heavy (non-hydrogen) atoms. The van der Waals surface area contributed by atoms with Crippen molar-refractivity contribution in [1.29, 1.82) is 0 Å². The van der Waals surface area contributed by atoms with Gasteiger partial charge in [-0.3, -0.25) is 0 Å². The van der Waals surface area contributed by atoms with E-state index < -0.39 is 12.1 Å². The summed E-state index contributed by atoms with van der Waals surface area (Å²) in [5.41, 5.74) is 3.25. The summed E-state index contributed by atoms with van der Waals surface area (Å²) in [6.45, 7) is 10.9. The number of nitrogens with zero attached hydrogens (tertiary/aromatic N) is 3. The van der Waals surface area contributed by atoms with E-state index in [1.165, 1.54) is 147 Å². The van der Waals surface area contributed by atoms with Crippen LogP contribution >= 0.6 is 0 Å². The lowest BCUT2D eigenvalue weighted by atomic mass is 10.0. The Kier molecular flexibility index (Phi) is 29.4. The van der Waals surface area contributed by atoms with E-state index in [1.54, 1.807) is 31.2 Å². The molecule has 3 N–H and O–H groups in total. The van der Waals surface area contributed by atoms with Gasteiger partial charge in [0.25, 0.3) is 0 Å². The van der Waals surface area contributed by atoms with Crippen molar-refractivity contribution in [2.24, 2.45) is 5.92 Å². The van der Waals surface area contributed by atoms with Crippen LogP contribution in [0.3, 0.4) is 0 Å². The Balaban J connectivity index is 1.41. The first-order valence-corrected chi connectivity index (χ1v) is 28.7. The predicted octanol–water partition coefficient (Wildman–Crippen LogP) is 17.8. The van der Waals surface area contributed by atoms with Crippen LogP contribution in [0.25, 0.3) is 34.2 Å². The Labute approximate surface area is 430 Å². The monoisotopic (exact) mass is 978 g/mol. The Morgan fingerprint density at radius 2 is 0.803 bits per heavy atom. The number of carbonyl (C=O) groups excluding carboxylic acids is 1. The van der Waals surface area contributed by atoms with Crippen LogP contribution in [0.15, 0.2) is 54.6 Å². The van der Waals surface area contributed by atoms with Crippen molar-refractivity contribution in [3.8, 4) is 57.2 Å². The van der Waals surface area contributed by atoms with Gasteiger partial charge in [-0.1, -0.05) is 213 Å². The van der Waals surface area contributed by atoms with Crippen molar-refractivity contribution < 1.29 is 29.6 Å². The van der Waals surface area contributed by atoms with Crippen molar-refractivity contribution in [1.82, 2.24) is 15.0 Å². The number of hydrogen-bond donors (Lipinski definition) is 3. The number of ether oxygens (including phenoxy) is 2. The van der Waals surface area contributed by atoms with Crippen molar-refractivity contribution in [3.63, 3.8) is 0 Å². The first kappa shape index (κ1) is 58.9. The average molecular weight is 978 g/mol. The molecule has 0 radical (unpaired) electrons. The molecule has 4 rings (SSSR count). The quantitative estimate of drug-likeness (QED) is 0.0294. The Morgan fingerprint density at radius 1 is 0.451 bits per heavy atom. The number of aromatic hydroxyl groups is 3. The number of hydrogen-bond acceptors (Lipinski definition) is 9. The Bertz CT molecular complexity index is 1970. The fraction of sp³-hybridized carbons (Fsp3) is 0.645. The minimum Gasteiger partial charge on any atom is -0.507 e. The van der Waals surface area contributed by atoms with Gasteiger partial charge < -0.3 is 24.8 Å². The van der Waals surface area contributed by atoms with Gasteiger partial charge >= 0.3 is 5.97 Å². The lowest BCUT2D eigenvalue weighted by Gasteiger charge is -2.15. The van der Waals surface area contributed by atoms with Crippen LogP contribution in [0.4, 0.5) is 0 Å². The molecule has 0 bridgehead atoms. The third-order valence-electron chi connectivity index (χ3n) is 13.9. The molecule has 9 nitrogen and oxygen atoms in total. The van der Waals surface area contributed by atoms with Gasteiger partial charge in [-0.05, 0) is 92.5 Å². The van der Waals surface area contributed by atoms with Crippen LogP contribution in [0.2, 0.25) is 0 Å². The second kappa shape index (κ2) is 35.5. The number of phenolic OH excluding ortho intramolecular Hbond substituents is 3. The molecule has 0 spiro atoms. The van der Waals surface area contributed by atoms with E-state index in [4.69, 9.17) is 24.4 Å². The molecule has 1 unspecified atom stereocenters. The van der Waals surface area contributed by atoms with Crippen LogP contribution < -0.4 is 4.74 Å². The number of phenols is 3. The summed E-state index contributed by atoms with van der Waals surface area (Å²) in [4.78, 5) is 27.1. The van der Waals surface area contributed by atoms with Crippen molar-refractivity contribution in [2.75, 3.05) is 6.61 Å². The van der Waals surface area contributed by atoms with Gasteiger partial charge in [0.05, 0.1) is 23.3 Å². The highest BCUT2D eigenvalue weighted by Gasteiger charge is 2.21. The zero-order valence-electron chi connectivity index (χ0n) is 45.1. The molecule has 3 aromatic carbocycles. The fourth-order valence-corrected chi connectivity index (χ4v) is 9.42. The number of aryl methyl sites for hydroxylation is 2. The molecular weight excluding hydrogens is 883 g/mol. The average Bonchev–Trinajstić information content (AvgIpc) is 3.35. The van der Waals surface area contributed by atoms with Gasteiger partial charge in [0.2, 0.25) is 0 Å². The summed E-state index contributed by atoms with van der Waals surface area (Å²) >= 11 is 0. The molecule has 1 aromatic heterocycles. The summed E-state index contributed by atoms with van der Waals surface area (Å²) in [6.07, 6.45) is 38.8. The SMILES string of the molecule is CCCCCCCCCCCCCCCc1ccc(-c2nc(-c3ccc(CCCCCCCCCCCCCCC)cc3O)nc(-c3ccc(OC(C)C(=O)OCCCCCC(C)C)cc3O)n2)c(O)c1. The Hall–Kier alpha value is -4.66. The number of aromatic nitrogens is 3. The third kappa shape index (κ3) is 23.6. The zero-order chi connectivity index (χ0) is 50.9. The molecule has 4 aromatic rings.